The van der Waals surface area contributed by atoms with Gasteiger partial charge in [0.1, 0.15) is 5.75 Å². The molecule has 1 fully saturated rings. The van der Waals surface area contributed by atoms with Crippen LogP contribution in [0.5, 0.6) is 5.75 Å². The number of urea groups is 1. The SMILES string of the molecule is COc1cccc(C2CCN2C(=O)NCc2n[nH]c3c2CCCCC3)c1. The van der Waals surface area contributed by atoms with Crippen LogP contribution in [0.4, 0.5) is 4.79 Å². The van der Waals surface area contributed by atoms with Gasteiger partial charge in [0.2, 0.25) is 0 Å². The minimum atomic E-state index is -0.0190. The van der Waals surface area contributed by atoms with E-state index in [0.29, 0.717) is 6.54 Å². The minimum absolute atomic E-state index is 0.0190. The Morgan fingerprint density at radius 2 is 2.23 bits per heavy atom. The number of methoxy groups -OCH3 is 1. The summed E-state index contributed by atoms with van der Waals surface area (Å²) in [4.78, 5) is 14.5. The van der Waals surface area contributed by atoms with Crippen molar-refractivity contribution < 1.29 is 9.53 Å². The van der Waals surface area contributed by atoms with Crippen molar-refractivity contribution in [1.82, 2.24) is 20.4 Å². The molecule has 26 heavy (non-hydrogen) atoms. The summed E-state index contributed by atoms with van der Waals surface area (Å²) in [5, 5.41) is 10.7. The van der Waals surface area contributed by atoms with Gasteiger partial charge in [0.25, 0.3) is 0 Å². The molecule has 1 atom stereocenters. The van der Waals surface area contributed by atoms with Crippen molar-refractivity contribution in [2.24, 2.45) is 0 Å². The summed E-state index contributed by atoms with van der Waals surface area (Å²) in [6, 6.07) is 8.07. The summed E-state index contributed by atoms with van der Waals surface area (Å²) in [5.74, 6) is 0.828. The van der Waals surface area contributed by atoms with E-state index >= 15 is 0 Å². The second-order valence-electron chi connectivity index (χ2n) is 7.12. The Morgan fingerprint density at radius 3 is 3.04 bits per heavy atom. The minimum Gasteiger partial charge on any atom is -0.497 e. The normalized spacial score (nSPS) is 19.3. The van der Waals surface area contributed by atoms with Crippen LogP contribution in [-0.2, 0) is 19.4 Å². The molecular formula is C20H26N4O2. The maximum absolute atomic E-state index is 12.6. The lowest BCUT2D eigenvalue weighted by Crippen LogP contribution is -2.49. The van der Waals surface area contributed by atoms with Gasteiger partial charge in [-0.25, -0.2) is 4.79 Å². The van der Waals surface area contributed by atoms with E-state index in [-0.39, 0.29) is 12.1 Å². The number of ether oxygens (including phenoxy) is 1. The smallest absolute Gasteiger partial charge is 0.318 e. The molecule has 2 amide bonds. The zero-order chi connectivity index (χ0) is 17.9. The quantitative estimate of drug-likeness (QED) is 0.827. The van der Waals surface area contributed by atoms with Crippen LogP contribution in [0.3, 0.4) is 0 Å². The van der Waals surface area contributed by atoms with Gasteiger partial charge in [-0.2, -0.15) is 5.10 Å². The highest BCUT2D eigenvalue weighted by molar-refractivity contribution is 5.75. The van der Waals surface area contributed by atoms with Crippen LogP contribution in [0.25, 0.3) is 0 Å². The predicted molar refractivity (Wildman–Crippen MR) is 99.1 cm³/mol. The first-order chi connectivity index (χ1) is 12.8. The van der Waals surface area contributed by atoms with Gasteiger partial charge in [0.05, 0.1) is 25.4 Å². The van der Waals surface area contributed by atoms with Crippen molar-refractivity contribution in [3.05, 3.63) is 46.8 Å². The highest BCUT2D eigenvalue weighted by atomic mass is 16.5. The number of benzene rings is 1. The van der Waals surface area contributed by atoms with Crippen LogP contribution < -0.4 is 10.1 Å². The summed E-state index contributed by atoms with van der Waals surface area (Å²) in [6.45, 7) is 1.28. The molecule has 1 saturated heterocycles. The number of aryl methyl sites for hydroxylation is 1. The average molecular weight is 354 g/mol. The third-order valence-electron chi connectivity index (χ3n) is 5.56. The van der Waals surface area contributed by atoms with Crippen LogP contribution in [0, 0.1) is 0 Å². The number of rotatable bonds is 4. The summed E-state index contributed by atoms with van der Waals surface area (Å²) < 4.78 is 5.30. The van der Waals surface area contributed by atoms with E-state index in [2.05, 4.69) is 21.6 Å². The maximum atomic E-state index is 12.6. The van der Waals surface area contributed by atoms with Crippen molar-refractivity contribution >= 4 is 6.03 Å². The van der Waals surface area contributed by atoms with E-state index in [1.807, 2.05) is 23.1 Å². The number of carbonyl (C=O) groups is 1. The number of amides is 2. The number of carbonyl (C=O) groups excluding carboxylic acids is 1. The molecule has 0 saturated carbocycles. The third kappa shape index (κ3) is 3.28. The van der Waals surface area contributed by atoms with Crippen LogP contribution in [0.1, 0.15) is 54.2 Å². The van der Waals surface area contributed by atoms with Gasteiger partial charge in [0.15, 0.2) is 0 Å². The maximum Gasteiger partial charge on any atom is 0.318 e. The molecule has 1 aromatic carbocycles. The second-order valence-corrected chi connectivity index (χ2v) is 7.12. The third-order valence-corrected chi connectivity index (χ3v) is 5.56. The average Bonchev–Trinajstić information content (AvgIpc) is 2.85. The monoisotopic (exact) mass is 354 g/mol. The highest BCUT2D eigenvalue weighted by Gasteiger charge is 2.33. The first kappa shape index (κ1) is 16.9. The first-order valence-corrected chi connectivity index (χ1v) is 9.49. The number of hydrogen-bond donors (Lipinski definition) is 2. The topological polar surface area (TPSA) is 70.2 Å². The number of aromatic nitrogens is 2. The standard InChI is InChI=1S/C20H26N4O2/c1-26-15-7-5-6-14(12-15)19-10-11-24(19)20(25)21-13-18-16-8-3-2-4-9-17(16)22-23-18/h5-7,12,19H,2-4,8-11,13H2,1H3,(H,21,25)(H,22,23). The summed E-state index contributed by atoms with van der Waals surface area (Å²) >= 11 is 0. The molecule has 0 bridgehead atoms. The molecule has 2 aliphatic rings. The molecule has 2 heterocycles. The van der Waals surface area contributed by atoms with Gasteiger partial charge in [-0.1, -0.05) is 18.6 Å². The molecule has 6 nitrogen and oxygen atoms in total. The molecule has 4 rings (SSSR count). The van der Waals surface area contributed by atoms with Gasteiger partial charge in [-0.15, -0.1) is 0 Å². The highest BCUT2D eigenvalue weighted by Crippen LogP contribution is 2.34. The molecular weight excluding hydrogens is 328 g/mol. The number of nitrogens with one attached hydrogen (secondary N) is 2. The van der Waals surface area contributed by atoms with E-state index in [4.69, 9.17) is 4.74 Å². The van der Waals surface area contributed by atoms with Crippen LogP contribution >= 0.6 is 0 Å². The van der Waals surface area contributed by atoms with Crippen LogP contribution in [-0.4, -0.2) is 34.8 Å². The number of fused-ring (bicyclic) bond motifs is 1. The number of hydrogen-bond acceptors (Lipinski definition) is 3. The lowest BCUT2D eigenvalue weighted by molar-refractivity contribution is 0.115. The zero-order valence-corrected chi connectivity index (χ0v) is 15.3. The van der Waals surface area contributed by atoms with Gasteiger partial charge < -0.3 is 15.0 Å². The molecule has 2 N–H and O–H groups in total. The lowest BCUT2D eigenvalue weighted by Gasteiger charge is -2.41. The van der Waals surface area contributed by atoms with Crippen molar-refractivity contribution in [2.75, 3.05) is 13.7 Å². The van der Waals surface area contributed by atoms with Crippen LogP contribution in [0.2, 0.25) is 0 Å². The fourth-order valence-corrected chi connectivity index (χ4v) is 3.96. The molecule has 0 spiro atoms. The molecule has 1 aliphatic heterocycles. The molecule has 1 unspecified atom stereocenters. The Hall–Kier alpha value is -2.50. The number of H-pyrrole nitrogens is 1. The lowest BCUT2D eigenvalue weighted by atomic mass is 9.95. The van der Waals surface area contributed by atoms with Gasteiger partial charge >= 0.3 is 6.03 Å². The van der Waals surface area contributed by atoms with Crippen molar-refractivity contribution in [3.8, 4) is 5.75 Å². The fourth-order valence-electron chi connectivity index (χ4n) is 3.96. The fraction of sp³-hybridized carbons (Fsp3) is 0.500. The Morgan fingerprint density at radius 1 is 1.35 bits per heavy atom. The largest absolute Gasteiger partial charge is 0.497 e. The summed E-state index contributed by atoms with van der Waals surface area (Å²) in [5.41, 5.74) is 4.69. The summed E-state index contributed by atoms with van der Waals surface area (Å²) in [6.07, 6.45) is 6.81. The van der Waals surface area contributed by atoms with E-state index in [1.165, 1.54) is 30.5 Å². The Kier molecular flexibility index (Phi) is 4.82. The molecule has 1 aromatic heterocycles. The Balaban J connectivity index is 1.39. The molecule has 2 aromatic rings. The van der Waals surface area contributed by atoms with Crippen molar-refractivity contribution in [2.45, 2.75) is 51.1 Å². The van der Waals surface area contributed by atoms with Crippen molar-refractivity contribution in [1.29, 1.82) is 0 Å². The van der Waals surface area contributed by atoms with E-state index in [0.717, 1.165) is 42.8 Å². The van der Waals surface area contributed by atoms with E-state index < -0.39 is 0 Å². The number of aromatic amines is 1. The molecule has 1 aliphatic carbocycles. The first-order valence-electron chi connectivity index (χ1n) is 9.49. The number of likely N-dealkylation sites (tertiary alicyclic amines) is 1. The second kappa shape index (κ2) is 7.40. The van der Waals surface area contributed by atoms with E-state index in [1.54, 1.807) is 7.11 Å². The van der Waals surface area contributed by atoms with Crippen LogP contribution in [0.15, 0.2) is 24.3 Å². The van der Waals surface area contributed by atoms with Gasteiger partial charge in [0, 0.05) is 12.2 Å². The zero-order valence-electron chi connectivity index (χ0n) is 15.3. The molecule has 0 radical (unpaired) electrons. The Bertz CT molecular complexity index is 786. The number of nitrogens with zero attached hydrogens (tertiary/aromatic N) is 2. The van der Waals surface area contributed by atoms with Gasteiger partial charge in [-0.3, -0.25) is 5.10 Å². The molecule has 138 valence electrons. The van der Waals surface area contributed by atoms with Crippen molar-refractivity contribution in [3.63, 3.8) is 0 Å². The Labute approximate surface area is 153 Å². The van der Waals surface area contributed by atoms with Gasteiger partial charge in [-0.05, 0) is 55.4 Å². The molecule has 6 heteroatoms. The summed E-state index contributed by atoms with van der Waals surface area (Å²) in [7, 11) is 1.66. The predicted octanol–water partition coefficient (Wildman–Crippen LogP) is 3.34. The van der Waals surface area contributed by atoms with E-state index in [9.17, 15) is 4.79 Å².